The van der Waals surface area contributed by atoms with Gasteiger partial charge in [-0.05, 0) is 24.1 Å². The van der Waals surface area contributed by atoms with E-state index in [-0.39, 0.29) is 5.69 Å². The molecule has 2 aromatic rings. The lowest BCUT2D eigenvalue weighted by Crippen LogP contribution is -2.12. The maximum atomic E-state index is 10.9. The lowest BCUT2D eigenvalue weighted by Gasteiger charge is -2.07. The molecule has 0 heterocycles. The normalized spacial score (nSPS) is 10.4. The van der Waals surface area contributed by atoms with Crippen molar-refractivity contribution in [3.05, 3.63) is 69.3 Å². The number of nitrogens with one attached hydrogen (secondary N) is 1. The van der Waals surface area contributed by atoms with Crippen LogP contribution in [0, 0.1) is 17.0 Å². The van der Waals surface area contributed by atoms with Crippen LogP contribution in [0.5, 0.6) is 5.75 Å². The van der Waals surface area contributed by atoms with Crippen LogP contribution in [0.25, 0.3) is 0 Å². The highest BCUT2D eigenvalue weighted by Crippen LogP contribution is 2.22. The van der Waals surface area contributed by atoms with Crippen molar-refractivity contribution in [3.63, 3.8) is 0 Å². The molecule has 0 amide bonds. The summed E-state index contributed by atoms with van der Waals surface area (Å²) in [7, 11) is 1.50. The van der Waals surface area contributed by atoms with Gasteiger partial charge in [-0.2, -0.15) is 0 Å². The van der Waals surface area contributed by atoms with Crippen LogP contribution in [0.1, 0.15) is 16.7 Å². The van der Waals surface area contributed by atoms with Crippen LogP contribution in [0.15, 0.2) is 42.5 Å². The van der Waals surface area contributed by atoms with E-state index in [1.54, 1.807) is 12.1 Å². The zero-order valence-electron chi connectivity index (χ0n) is 12.1. The van der Waals surface area contributed by atoms with Crippen molar-refractivity contribution in [1.82, 2.24) is 5.32 Å². The minimum Gasteiger partial charge on any atom is -0.496 e. The van der Waals surface area contributed by atoms with Crippen LogP contribution in [0.4, 0.5) is 5.69 Å². The fourth-order valence-corrected chi connectivity index (χ4v) is 2.03. The first-order valence-corrected chi connectivity index (χ1v) is 6.67. The maximum absolute atomic E-state index is 10.9. The summed E-state index contributed by atoms with van der Waals surface area (Å²) >= 11 is 0. The Morgan fingerprint density at radius 2 is 1.76 bits per heavy atom. The zero-order valence-corrected chi connectivity index (χ0v) is 12.1. The minimum absolute atomic E-state index is 0.0430. The van der Waals surface area contributed by atoms with E-state index in [0.29, 0.717) is 18.8 Å². The van der Waals surface area contributed by atoms with Crippen molar-refractivity contribution in [2.45, 2.75) is 20.0 Å². The van der Waals surface area contributed by atoms with Crippen LogP contribution in [0.3, 0.4) is 0 Å². The monoisotopic (exact) mass is 286 g/mol. The molecule has 1 N–H and O–H groups in total. The number of nitro benzene ring substituents is 1. The molecule has 0 saturated heterocycles. The Morgan fingerprint density at radius 3 is 2.38 bits per heavy atom. The Bertz CT molecular complexity index is 624. The summed E-state index contributed by atoms with van der Waals surface area (Å²) < 4.78 is 5.09. The number of rotatable bonds is 6. The third-order valence-corrected chi connectivity index (χ3v) is 3.18. The van der Waals surface area contributed by atoms with Crippen LogP contribution in [-0.4, -0.2) is 12.0 Å². The van der Waals surface area contributed by atoms with Crippen molar-refractivity contribution in [1.29, 1.82) is 0 Å². The molecule has 110 valence electrons. The van der Waals surface area contributed by atoms with Crippen LogP contribution >= 0.6 is 0 Å². The number of nitro groups is 1. The van der Waals surface area contributed by atoms with Crippen molar-refractivity contribution < 1.29 is 9.66 Å². The second-order valence-electron chi connectivity index (χ2n) is 4.89. The summed E-state index contributed by atoms with van der Waals surface area (Å²) in [5.74, 6) is 0.497. The molecular weight excluding hydrogens is 268 g/mol. The van der Waals surface area contributed by atoms with Crippen LogP contribution < -0.4 is 10.1 Å². The number of hydrogen-bond acceptors (Lipinski definition) is 4. The number of nitrogens with zero attached hydrogens (tertiary/aromatic N) is 1. The molecule has 0 saturated carbocycles. The highest BCUT2D eigenvalue weighted by atomic mass is 16.6. The smallest absolute Gasteiger partial charge is 0.273 e. The topological polar surface area (TPSA) is 64.4 Å². The van der Waals surface area contributed by atoms with E-state index >= 15 is 0 Å². The van der Waals surface area contributed by atoms with Crippen molar-refractivity contribution in [2.75, 3.05) is 7.11 Å². The molecular formula is C16H18N2O3. The van der Waals surface area contributed by atoms with Crippen molar-refractivity contribution in [2.24, 2.45) is 0 Å². The summed E-state index contributed by atoms with van der Waals surface area (Å²) in [5.41, 5.74) is 3.27. The molecule has 0 fully saturated rings. The molecule has 0 aliphatic rings. The number of methoxy groups -OCH3 is 1. The number of aryl methyl sites for hydroxylation is 1. The molecule has 2 rings (SSSR count). The average molecular weight is 286 g/mol. The minimum atomic E-state index is -0.411. The Hall–Kier alpha value is -2.40. The first-order chi connectivity index (χ1) is 10.1. The van der Waals surface area contributed by atoms with E-state index in [0.717, 1.165) is 5.56 Å². The summed E-state index contributed by atoms with van der Waals surface area (Å²) in [6, 6.07) is 13.0. The number of ether oxygens (including phenoxy) is 1. The second kappa shape index (κ2) is 6.85. The summed E-state index contributed by atoms with van der Waals surface area (Å²) in [4.78, 5) is 10.5. The van der Waals surface area contributed by atoms with Gasteiger partial charge in [0.25, 0.3) is 5.69 Å². The van der Waals surface area contributed by atoms with Gasteiger partial charge < -0.3 is 10.1 Å². The Kier molecular flexibility index (Phi) is 4.90. The van der Waals surface area contributed by atoms with Gasteiger partial charge in [0.2, 0.25) is 0 Å². The molecule has 0 unspecified atom stereocenters. The molecule has 0 aromatic heterocycles. The zero-order chi connectivity index (χ0) is 15.2. The molecule has 2 aromatic carbocycles. The van der Waals surface area contributed by atoms with Gasteiger partial charge in [0.15, 0.2) is 0 Å². The molecule has 0 aliphatic carbocycles. The van der Waals surface area contributed by atoms with Crippen LogP contribution in [0.2, 0.25) is 0 Å². The predicted molar refractivity (Wildman–Crippen MR) is 81.4 cm³/mol. The maximum Gasteiger partial charge on any atom is 0.273 e. The van der Waals surface area contributed by atoms with Gasteiger partial charge in [0.1, 0.15) is 5.75 Å². The number of hydrogen-bond donors (Lipinski definition) is 1. The lowest BCUT2D eigenvalue weighted by molar-refractivity contribution is -0.385. The standard InChI is InChI=1S/C16H18N2O3/c1-12-3-5-13(6-4-12)10-17-11-14-7-15(18(19)20)9-16(8-14)21-2/h3-9,17H,10-11H2,1-2H3. The Morgan fingerprint density at radius 1 is 1.10 bits per heavy atom. The second-order valence-corrected chi connectivity index (χ2v) is 4.89. The van der Waals surface area contributed by atoms with E-state index < -0.39 is 4.92 Å². The predicted octanol–water partition coefficient (Wildman–Crippen LogP) is 3.20. The third-order valence-electron chi connectivity index (χ3n) is 3.18. The average Bonchev–Trinajstić information content (AvgIpc) is 2.49. The highest BCUT2D eigenvalue weighted by Gasteiger charge is 2.09. The van der Waals surface area contributed by atoms with Gasteiger partial charge in [-0.3, -0.25) is 10.1 Å². The summed E-state index contributed by atoms with van der Waals surface area (Å²) in [6.45, 7) is 3.31. The molecule has 0 bridgehead atoms. The van der Waals surface area contributed by atoms with Gasteiger partial charge in [-0.25, -0.2) is 0 Å². The van der Waals surface area contributed by atoms with E-state index in [9.17, 15) is 10.1 Å². The molecule has 5 nitrogen and oxygen atoms in total. The van der Waals surface area contributed by atoms with Crippen molar-refractivity contribution >= 4 is 5.69 Å². The summed E-state index contributed by atoms with van der Waals surface area (Å²) in [6.07, 6.45) is 0. The lowest BCUT2D eigenvalue weighted by atomic mass is 10.1. The van der Waals surface area contributed by atoms with Gasteiger partial charge in [0.05, 0.1) is 18.1 Å². The van der Waals surface area contributed by atoms with Gasteiger partial charge >= 0.3 is 0 Å². The third kappa shape index (κ3) is 4.29. The molecule has 5 heteroatoms. The summed E-state index contributed by atoms with van der Waals surface area (Å²) in [5, 5.41) is 14.2. The number of benzene rings is 2. The molecule has 0 aliphatic heterocycles. The van der Waals surface area contributed by atoms with Gasteiger partial charge in [0, 0.05) is 19.2 Å². The Balaban J connectivity index is 2.00. The van der Waals surface area contributed by atoms with E-state index in [2.05, 4.69) is 29.6 Å². The van der Waals surface area contributed by atoms with Crippen LogP contribution in [-0.2, 0) is 13.1 Å². The van der Waals surface area contributed by atoms with Gasteiger partial charge in [-0.1, -0.05) is 29.8 Å². The fraction of sp³-hybridized carbons (Fsp3) is 0.250. The number of non-ortho nitro benzene ring substituents is 1. The largest absolute Gasteiger partial charge is 0.496 e. The molecule has 0 radical (unpaired) electrons. The fourth-order valence-electron chi connectivity index (χ4n) is 2.03. The first-order valence-electron chi connectivity index (χ1n) is 6.67. The van der Waals surface area contributed by atoms with Crippen molar-refractivity contribution in [3.8, 4) is 5.75 Å². The van der Waals surface area contributed by atoms with E-state index in [4.69, 9.17) is 4.74 Å². The first kappa shape index (κ1) is 15.0. The highest BCUT2D eigenvalue weighted by molar-refractivity contribution is 5.42. The molecule has 0 atom stereocenters. The van der Waals surface area contributed by atoms with E-state index in [1.165, 1.54) is 24.3 Å². The Labute approximate surface area is 123 Å². The van der Waals surface area contributed by atoms with Gasteiger partial charge in [-0.15, -0.1) is 0 Å². The van der Waals surface area contributed by atoms with E-state index in [1.807, 2.05) is 6.92 Å². The quantitative estimate of drug-likeness (QED) is 0.654. The molecule has 0 spiro atoms. The SMILES string of the molecule is COc1cc(CNCc2ccc(C)cc2)cc([N+](=O)[O-])c1. The molecule has 21 heavy (non-hydrogen) atoms.